The molecule has 0 saturated carbocycles. The zero-order chi connectivity index (χ0) is 15.2. The summed E-state index contributed by atoms with van der Waals surface area (Å²) in [6.07, 6.45) is -5.47. The number of carbonyl (C=O) groups excluding carboxylic acids is 1. The van der Waals surface area contributed by atoms with Gasteiger partial charge in [0.1, 0.15) is 0 Å². The minimum atomic E-state index is -4.35. The number of para-hydroxylation sites is 1. The van der Waals surface area contributed by atoms with Gasteiger partial charge in [-0.25, -0.2) is 4.79 Å². The number of carbonyl (C=O) groups is 1. The number of benzene rings is 1. The Morgan fingerprint density at radius 2 is 2.00 bits per heavy atom. The highest BCUT2D eigenvalue weighted by atomic mass is 19.4. The molecule has 1 aromatic rings. The zero-order valence-electron chi connectivity index (χ0n) is 10.8. The first-order chi connectivity index (χ1) is 9.31. The molecule has 0 bridgehead atoms. The molecule has 1 aromatic carbocycles. The first kappa shape index (κ1) is 15.8. The number of aliphatic imine (C=N–C) groups is 1. The van der Waals surface area contributed by atoms with Gasteiger partial charge in [-0.15, -0.1) is 0 Å². The van der Waals surface area contributed by atoms with Crippen LogP contribution in [0.25, 0.3) is 0 Å². The maximum atomic E-state index is 12.4. The lowest BCUT2D eigenvalue weighted by molar-refractivity contribution is -0.127. The fourth-order valence-electron chi connectivity index (χ4n) is 1.49. The summed E-state index contributed by atoms with van der Waals surface area (Å²) < 4.78 is 37.2. The SMILES string of the molecule is CCN=C(N)NC(=O)Nc1ccccc1CC(F)(F)F. The summed E-state index contributed by atoms with van der Waals surface area (Å²) in [5.41, 5.74) is 5.43. The van der Waals surface area contributed by atoms with Crippen LogP contribution in [0.1, 0.15) is 12.5 Å². The van der Waals surface area contributed by atoms with Crippen LogP contribution in [0.2, 0.25) is 0 Å². The number of nitrogens with two attached hydrogens (primary N) is 1. The highest BCUT2D eigenvalue weighted by Gasteiger charge is 2.28. The maximum absolute atomic E-state index is 12.4. The fraction of sp³-hybridized carbons (Fsp3) is 0.333. The Balaban J connectivity index is 2.77. The zero-order valence-corrected chi connectivity index (χ0v) is 10.8. The van der Waals surface area contributed by atoms with Crippen LogP contribution < -0.4 is 16.4 Å². The highest BCUT2D eigenvalue weighted by Crippen LogP contribution is 2.25. The largest absolute Gasteiger partial charge is 0.393 e. The first-order valence-electron chi connectivity index (χ1n) is 5.84. The van der Waals surface area contributed by atoms with Gasteiger partial charge in [-0.3, -0.25) is 10.3 Å². The van der Waals surface area contributed by atoms with Crippen LogP contribution in [0.15, 0.2) is 29.3 Å². The number of alkyl halides is 3. The lowest BCUT2D eigenvalue weighted by atomic mass is 10.1. The predicted octanol–water partition coefficient (Wildman–Crippen LogP) is 2.25. The lowest BCUT2D eigenvalue weighted by Gasteiger charge is -2.13. The minimum Gasteiger partial charge on any atom is -0.370 e. The van der Waals surface area contributed by atoms with Crippen LogP contribution in [-0.2, 0) is 6.42 Å². The molecule has 0 saturated heterocycles. The van der Waals surface area contributed by atoms with E-state index in [0.29, 0.717) is 6.54 Å². The average Bonchev–Trinajstić information content (AvgIpc) is 2.30. The first-order valence-corrected chi connectivity index (χ1v) is 5.84. The van der Waals surface area contributed by atoms with Gasteiger partial charge in [-0.05, 0) is 18.6 Å². The van der Waals surface area contributed by atoms with E-state index in [-0.39, 0.29) is 17.2 Å². The van der Waals surface area contributed by atoms with Crippen molar-refractivity contribution >= 4 is 17.7 Å². The lowest BCUT2D eigenvalue weighted by Crippen LogP contribution is -2.39. The molecule has 4 N–H and O–H groups in total. The molecule has 0 spiro atoms. The Labute approximate surface area is 114 Å². The number of urea groups is 1. The van der Waals surface area contributed by atoms with Crippen molar-refractivity contribution < 1.29 is 18.0 Å². The van der Waals surface area contributed by atoms with E-state index >= 15 is 0 Å². The van der Waals surface area contributed by atoms with Crippen LogP contribution in [0.5, 0.6) is 0 Å². The Bertz CT molecular complexity index is 500. The molecule has 5 nitrogen and oxygen atoms in total. The number of rotatable bonds is 3. The smallest absolute Gasteiger partial charge is 0.370 e. The monoisotopic (exact) mass is 288 g/mol. The highest BCUT2D eigenvalue weighted by molar-refractivity contribution is 6.02. The topological polar surface area (TPSA) is 79.5 Å². The fourth-order valence-corrected chi connectivity index (χ4v) is 1.49. The molecular weight excluding hydrogens is 273 g/mol. The van der Waals surface area contributed by atoms with Gasteiger partial charge in [-0.2, -0.15) is 13.2 Å². The van der Waals surface area contributed by atoms with Crippen LogP contribution in [0.3, 0.4) is 0 Å². The number of hydrogen-bond donors (Lipinski definition) is 3. The van der Waals surface area contributed by atoms with Crippen molar-refractivity contribution in [3.8, 4) is 0 Å². The van der Waals surface area contributed by atoms with Crippen molar-refractivity contribution in [2.75, 3.05) is 11.9 Å². The van der Waals surface area contributed by atoms with E-state index in [0.717, 1.165) is 0 Å². The molecule has 0 aromatic heterocycles. The summed E-state index contributed by atoms with van der Waals surface area (Å²) in [6.45, 7) is 2.11. The Hall–Kier alpha value is -2.25. The molecule has 2 amide bonds. The Kier molecular flexibility index (Phi) is 5.36. The molecule has 8 heteroatoms. The van der Waals surface area contributed by atoms with Gasteiger partial charge in [0.25, 0.3) is 0 Å². The number of nitrogens with one attached hydrogen (secondary N) is 2. The van der Waals surface area contributed by atoms with E-state index in [9.17, 15) is 18.0 Å². The number of nitrogens with zero attached hydrogens (tertiary/aromatic N) is 1. The second-order valence-corrected chi connectivity index (χ2v) is 3.89. The minimum absolute atomic E-state index is 0.0267. The third-order valence-electron chi connectivity index (χ3n) is 2.23. The standard InChI is InChI=1S/C12H15F3N4O/c1-2-17-10(16)19-11(20)18-9-6-4-3-5-8(9)7-12(13,14)15/h3-6H,2,7H2,1H3,(H4,16,17,18,19,20). The summed E-state index contributed by atoms with van der Waals surface area (Å²) in [5, 5.41) is 4.53. The van der Waals surface area contributed by atoms with E-state index in [1.807, 2.05) is 0 Å². The number of anilines is 1. The van der Waals surface area contributed by atoms with E-state index in [1.54, 1.807) is 6.92 Å². The normalized spacial score (nSPS) is 12.1. The molecule has 1 rings (SSSR count). The molecule has 0 radical (unpaired) electrons. The van der Waals surface area contributed by atoms with Crippen molar-refractivity contribution in [3.05, 3.63) is 29.8 Å². The summed E-state index contributed by atoms with van der Waals surface area (Å²) in [5.74, 6) is -0.0988. The molecule has 0 unspecified atom stereocenters. The molecule has 0 heterocycles. The van der Waals surface area contributed by atoms with Gasteiger partial charge in [-0.1, -0.05) is 18.2 Å². The van der Waals surface area contributed by atoms with E-state index in [4.69, 9.17) is 5.73 Å². The molecular formula is C12H15F3N4O. The molecule has 0 aliphatic rings. The third-order valence-corrected chi connectivity index (χ3v) is 2.23. The van der Waals surface area contributed by atoms with Gasteiger partial charge in [0, 0.05) is 12.2 Å². The molecule has 0 fully saturated rings. The van der Waals surface area contributed by atoms with Crippen molar-refractivity contribution in [1.29, 1.82) is 0 Å². The molecule has 0 aliphatic carbocycles. The summed E-state index contributed by atoms with van der Waals surface area (Å²) in [7, 11) is 0. The van der Waals surface area contributed by atoms with Gasteiger partial charge in [0.15, 0.2) is 5.96 Å². The summed E-state index contributed by atoms with van der Waals surface area (Å²) in [4.78, 5) is 15.3. The van der Waals surface area contributed by atoms with E-state index < -0.39 is 18.6 Å². The molecule has 20 heavy (non-hydrogen) atoms. The van der Waals surface area contributed by atoms with Crippen molar-refractivity contribution in [1.82, 2.24) is 5.32 Å². The van der Waals surface area contributed by atoms with Crippen molar-refractivity contribution in [3.63, 3.8) is 0 Å². The van der Waals surface area contributed by atoms with Crippen molar-refractivity contribution in [2.45, 2.75) is 19.5 Å². The number of amides is 2. The van der Waals surface area contributed by atoms with Crippen molar-refractivity contribution in [2.24, 2.45) is 10.7 Å². The number of hydrogen-bond acceptors (Lipinski definition) is 2. The van der Waals surface area contributed by atoms with Gasteiger partial charge >= 0.3 is 12.2 Å². The maximum Gasteiger partial charge on any atom is 0.393 e. The Morgan fingerprint density at radius 3 is 2.60 bits per heavy atom. The quantitative estimate of drug-likeness (QED) is 0.589. The Morgan fingerprint density at radius 1 is 1.35 bits per heavy atom. The number of halogens is 3. The van der Waals surface area contributed by atoms with Crippen LogP contribution in [0.4, 0.5) is 23.7 Å². The second-order valence-electron chi connectivity index (χ2n) is 3.89. The average molecular weight is 288 g/mol. The van der Waals surface area contributed by atoms with Gasteiger partial charge in [0.05, 0.1) is 6.42 Å². The van der Waals surface area contributed by atoms with Crippen LogP contribution in [0, 0.1) is 0 Å². The second kappa shape index (κ2) is 6.78. The van der Waals surface area contributed by atoms with Gasteiger partial charge < -0.3 is 11.1 Å². The predicted molar refractivity (Wildman–Crippen MR) is 70.5 cm³/mol. The molecule has 110 valence electrons. The van der Waals surface area contributed by atoms with Gasteiger partial charge in [0.2, 0.25) is 0 Å². The van der Waals surface area contributed by atoms with Crippen LogP contribution in [-0.4, -0.2) is 24.7 Å². The van der Waals surface area contributed by atoms with E-state index in [2.05, 4.69) is 15.6 Å². The number of guanidine groups is 1. The summed E-state index contributed by atoms with van der Waals surface area (Å²) in [6, 6.07) is 4.94. The van der Waals surface area contributed by atoms with E-state index in [1.165, 1.54) is 24.3 Å². The third kappa shape index (κ3) is 5.59. The van der Waals surface area contributed by atoms with Crippen LogP contribution >= 0.6 is 0 Å². The molecule has 0 atom stereocenters. The summed E-state index contributed by atoms with van der Waals surface area (Å²) >= 11 is 0. The molecule has 0 aliphatic heterocycles.